The van der Waals surface area contributed by atoms with Crippen LogP contribution in [-0.4, -0.2) is 16.1 Å². The van der Waals surface area contributed by atoms with Crippen molar-refractivity contribution in [3.8, 4) is 5.75 Å². The quantitative estimate of drug-likeness (QED) is 0.572. The number of aromatic hydroxyl groups is 1. The first-order valence-corrected chi connectivity index (χ1v) is 4.47. The molecule has 0 aliphatic rings. The van der Waals surface area contributed by atoms with Crippen molar-refractivity contribution < 1.29 is 33.9 Å². The number of halogens is 1. The van der Waals surface area contributed by atoms with Gasteiger partial charge in [-0.2, -0.15) is 0 Å². The Hall–Kier alpha value is -1.21. The molecule has 0 spiro atoms. The maximum atomic E-state index is 10.6. The molecule has 2 aromatic rings. The monoisotopic (exact) mass is 229 g/mol. The second-order valence-corrected chi connectivity index (χ2v) is 3.35. The van der Waals surface area contributed by atoms with Gasteiger partial charge in [0.25, 0.3) is 0 Å². The molecule has 0 saturated heterocycles. The number of carbonyl (C=O) groups is 1. The number of rotatable bonds is 1. The Morgan fingerprint density at radius 2 is 2.00 bits per heavy atom. The number of hydrogen-bond acceptors (Lipinski definition) is 4. The van der Waals surface area contributed by atoms with Gasteiger partial charge in [0.2, 0.25) is 0 Å². The minimum Gasteiger partial charge on any atom is -0.543 e. The summed E-state index contributed by atoms with van der Waals surface area (Å²) in [5, 5.41) is 20.9. The smallest absolute Gasteiger partial charge is 0.543 e. The second kappa shape index (κ2) is 4.75. The zero-order valence-corrected chi connectivity index (χ0v) is 9.15. The van der Waals surface area contributed by atoms with E-state index >= 15 is 0 Å². The third-order valence-corrected chi connectivity index (χ3v) is 2.32. The van der Waals surface area contributed by atoms with E-state index in [0.717, 1.165) is 0 Å². The molecule has 0 aliphatic heterocycles. The maximum absolute atomic E-state index is 10.6. The van der Waals surface area contributed by atoms with Crippen LogP contribution in [0.5, 0.6) is 5.75 Å². The molecule has 0 fully saturated rings. The van der Waals surface area contributed by atoms with Crippen molar-refractivity contribution in [1.82, 2.24) is 4.98 Å². The molecular formula is C10H5ClLiNO3. The van der Waals surface area contributed by atoms with Gasteiger partial charge in [0.1, 0.15) is 11.3 Å². The van der Waals surface area contributed by atoms with Crippen molar-refractivity contribution in [1.29, 1.82) is 0 Å². The predicted octanol–water partition coefficient (Wildman–Crippen LogP) is -2.04. The van der Waals surface area contributed by atoms with Gasteiger partial charge in [-0.25, -0.2) is 4.98 Å². The molecule has 76 valence electrons. The van der Waals surface area contributed by atoms with Crippen LogP contribution in [-0.2, 0) is 0 Å². The Morgan fingerprint density at radius 1 is 1.31 bits per heavy atom. The minimum absolute atomic E-state index is 0. The van der Waals surface area contributed by atoms with Crippen LogP contribution < -0.4 is 24.0 Å². The molecule has 1 aromatic carbocycles. The summed E-state index contributed by atoms with van der Waals surface area (Å²) in [6.07, 6.45) is 0. The fourth-order valence-electron chi connectivity index (χ4n) is 1.28. The van der Waals surface area contributed by atoms with Crippen LogP contribution in [0.4, 0.5) is 0 Å². The summed E-state index contributed by atoms with van der Waals surface area (Å²) >= 11 is 5.85. The van der Waals surface area contributed by atoms with E-state index in [9.17, 15) is 15.0 Å². The maximum Gasteiger partial charge on any atom is 1.00 e. The minimum atomic E-state index is -1.39. The summed E-state index contributed by atoms with van der Waals surface area (Å²) in [4.78, 5) is 14.3. The number of hydrogen-bond donors (Lipinski definition) is 1. The van der Waals surface area contributed by atoms with Crippen LogP contribution in [0, 0.1) is 0 Å². The van der Waals surface area contributed by atoms with Crippen LogP contribution in [0.25, 0.3) is 10.9 Å². The third-order valence-electron chi connectivity index (χ3n) is 1.99. The summed E-state index contributed by atoms with van der Waals surface area (Å²) < 4.78 is 0. The number of fused-ring (bicyclic) bond motifs is 1. The summed E-state index contributed by atoms with van der Waals surface area (Å²) in [6, 6.07) is 5.63. The van der Waals surface area contributed by atoms with E-state index in [1.54, 1.807) is 0 Å². The fourth-order valence-corrected chi connectivity index (χ4v) is 1.50. The Bertz CT molecular complexity index is 559. The molecular weight excluding hydrogens is 225 g/mol. The SMILES string of the molecule is O=C([O-])c1ccc2c(Cl)ccc(O)c2n1.[Li+]. The molecule has 0 radical (unpaired) electrons. The van der Waals surface area contributed by atoms with Crippen molar-refractivity contribution in [2.45, 2.75) is 0 Å². The van der Waals surface area contributed by atoms with Crippen LogP contribution in [0.15, 0.2) is 24.3 Å². The molecule has 1 heterocycles. The van der Waals surface area contributed by atoms with Crippen LogP contribution >= 0.6 is 11.6 Å². The molecule has 0 unspecified atom stereocenters. The average Bonchev–Trinajstić information content (AvgIpc) is 2.23. The average molecular weight is 230 g/mol. The van der Waals surface area contributed by atoms with E-state index in [1.165, 1.54) is 24.3 Å². The molecule has 16 heavy (non-hydrogen) atoms. The van der Waals surface area contributed by atoms with Crippen molar-refractivity contribution in [3.63, 3.8) is 0 Å². The summed E-state index contributed by atoms with van der Waals surface area (Å²) in [5.74, 6) is -1.51. The fraction of sp³-hybridized carbons (Fsp3) is 0. The summed E-state index contributed by atoms with van der Waals surface area (Å²) in [5.41, 5.74) is -0.0794. The topological polar surface area (TPSA) is 73.2 Å². The van der Waals surface area contributed by atoms with E-state index in [1.807, 2.05) is 0 Å². The van der Waals surface area contributed by atoms with Gasteiger partial charge in [0.05, 0.1) is 16.7 Å². The van der Waals surface area contributed by atoms with Crippen molar-refractivity contribution in [3.05, 3.63) is 35.0 Å². The molecule has 0 aliphatic carbocycles. The number of benzene rings is 1. The van der Waals surface area contributed by atoms with Crippen molar-refractivity contribution >= 4 is 28.5 Å². The van der Waals surface area contributed by atoms with Crippen molar-refractivity contribution in [2.75, 3.05) is 0 Å². The molecule has 4 nitrogen and oxygen atoms in total. The molecule has 6 heteroatoms. The Morgan fingerprint density at radius 3 is 2.62 bits per heavy atom. The Balaban J connectivity index is 0.00000128. The number of nitrogens with zero attached hydrogens (tertiary/aromatic N) is 1. The number of pyridine rings is 1. The van der Waals surface area contributed by atoms with E-state index in [4.69, 9.17) is 11.6 Å². The Kier molecular flexibility index (Phi) is 3.82. The zero-order chi connectivity index (χ0) is 11.0. The molecule has 0 atom stereocenters. The number of carbonyl (C=O) groups excluding carboxylic acids is 1. The van der Waals surface area contributed by atoms with Crippen LogP contribution in [0.3, 0.4) is 0 Å². The van der Waals surface area contributed by atoms with E-state index < -0.39 is 5.97 Å². The first kappa shape index (κ1) is 12.9. The van der Waals surface area contributed by atoms with Crippen LogP contribution in [0.1, 0.15) is 10.5 Å². The van der Waals surface area contributed by atoms with Gasteiger partial charge in [-0.05, 0) is 24.3 Å². The van der Waals surface area contributed by atoms with Gasteiger partial charge in [-0.15, -0.1) is 0 Å². The predicted molar refractivity (Wildman–Crippen MR) is 52.7 cm³/mol. The van der Waals surface area contributed by atoms with Gasteiger partial charge in [-0.3, -0.25) is 0 Å². The zero-order valence-electron chi connectivity index (χ0n) is 8.40. The Labute approximate surface area is 108 Å². The van der Waals surface area contributed by atoms with E-state index in [-0.39, 0.29) is 35.8 Å². The number of phenols is 1. The molecule has 1 aromatic heterocycles. The summed E-state index contributed by atoms with van der Waals surface area (Å²) in [6.45, 7) is 0. The largest absolute Gasteiger partial charge is 1.00 e. The van der Waals surface area contributed by atoms with Gasteiger partial charge in [0.15, 0.2) is 0 Å². The molecule has 1 N–H and O–H groups in total. The number of carboxylic acid groups (broad SMARTS) is 1. The van der Waals surface area contributed by atoms with Gasteiger partial charge < -0.3 is 15.0 Å². The third kappa shape index (κ3) is 2.14. The number of carboxylic acids is 1. The normalized spacial score (nSPS) is 9.81. The number of phenolic OH excluding ortho intramolecular Hbond substituents is 1. The molecule has 0 amide bonds. The standard InChI is InChI=1S/C10H6ClNO3.Li/c11-6-2-4-8(13)9-5(6)1-3-7(12-9)10(14)15;/h1-4,13H,(H,14,15);/q;+1/p-1. The molecule has 2 rings (SSSR count). The van der Waals surface area contributed by atoms with E-state index in [0.29, 0.717) is 10.4 Å². The van der Waals surface area contributed by atoms with Crippen molar-refractivity contribution in [2.24, 2.45) is 0 Å². The number of aromatic carboxylic acids is 1. The van der Waals surface area contributed by atoms with Gasteiger partial charge in [0, 0.05) is 5.39 Å². The first-order chi connectivity index (χ1) is 7.09. The number of aromatic nitrogens is 1. The van der Waals surface area contributed by atoms with Crippen LogP contribution in [0.2, 0.25) is 5.02 Å². The molecule has 0 bridgehead atoms. The molecule has 0 saturated carbocycles. The first-order valence-electron chi connectivity index (χ1n) is 4.09. The summed E-state index contributed by atoms with van der Waals surface area (Å²) in [7, 11) is 0. The van der Waals surface area contributed by atoms with Gasteiger partial charge >= 0.3 is 18.9 Å². The van der Waals surface area contributed by atoms with E-state index in [2.05, 4.69) is 4.98 Å². The second-order valence-electron chi connectivity index (χ2n) is 2.95. The van der Waals surface area contributed by atoms with Gasteiger partial charge in [-0.1, -0.05) is 11.6 Å².